The molecule has 1 aliphatic rings. The number of carboxylic acid groups (broad SMARTS) is 1. The number of nitrogens with one attached hydrogen (secondary N) is 3. The van der Waals surface area contributed by atoms with Crippen molar-refractivity contribution in [3.63, 3.8) is 0 Å². The maximum absolute atomic E-state index is 11.3. The van der Waals surface area contributed by atoms with Crippen LogP contribution in [0.4, 0.5) is 5.82 Å². The number of hydrogen-bond donors (Lipinski definition) is 5. The highest BCUT2D eigenvalue weighted by atomic mass is 16.4. The number of H-pyrrole nitrogens is 1. The first-order chi connectivity index (χ1) is 8.54. The van der Waals surface area contributed by atoms with E-state index >= 15 is 0 Å². The van der Waals surface area contributed by atoms with Crippen LogP contribution in [0.25, 0.3) is 0 Å². The van der Waals surface area contributed by atoms with Crippen molar-refractivity contribution >= 4 is 17.7 Å². The van der Waals surface area contributed by atoms with Gasteiger partial charge in [0.05, 0.1) is 18.2 Å². The Balaban J connectivity index is 2.19. The van der Waals surface area contributed by atoms with E-state index in [0.717, 1.165) is 6.07 Å². The number of guanidine groups is 1. The van der Waals surface area contributed by atoms with E-state index in [9.17, 15) is 14.7 Å². The molecule has 8 nitrogen and oxygen atoms in total. The zero-order chi connectivity index (χ0) is 13.1. The van der Waals surface area contributed by atoms with Gasteiger partial charge in [0.2, 0.25) is 5.56 Å². The highest BCUT2D eigenvalue weighted by Gasteiger charge is 2.13. The Morgan fingerprint density at radius 2 is 2.28 bits per heavy atom. The summed E-state index contributed by atoms with van der Waals surface area (Å²) in [5.41, 5.74) is -0.633. The molecule has 0 saturated carbocycles. The monoisotopic (exact) mass is 252 g/mol. The predicted octanol–water partition coefficient (Wildman–Crippen LogP) is -1.19. The lowest BCUT2D eigenvalue weighted by Gasteiger charge is -2.19. The van der Waals surface area contributed by atoms with E-state index in [1.165, 1.54) is 6.07 Å². The van der Waals surface area contributed by atoms with Gasteiger partial charge in [0.15, 0.2) is 5.96 Å². The van der Waals surface area contributed by atoms with Gasteiger partial charge in [-0.25, -0.2) is 4.79 Å². The second kappa shape index (κ2) is 4.88. The van der Waals surface area contributed by atoms with Gasteiger partial charge >= 0.3 is 5.97 Å². The fourth-order valence-corrected chi connectivity index (χ4v) is 1.48. The van der Waals surface area contributed by atoms with E-state index in [-0.39, 0.29) is 17.9 Å². The molecular formula is C10H12N4O4. The van der Waals surface area contributed by atoms with Crippen LogP contribution in [0.15, 0.2) is 21.9 Å². The second-order valence-corrected chi connectivity index (χ2v) is 3.80. The molecule has 0 radical (unpaired) electrons. The Kier molecular flexibility index (Phi) is 3.28. The maximum atomic E-state index is 11.3. The van der Waals surface area contributed by atoms with Crippen molar-refractivity contribution in [1.29, 1.82) is 0 Å². The number of aromatic nitrogens is 1. The minimum Gasteiger partial charge on any atom is -0.478 e. The van der Waals surface area contributed by atoms with Crippen LogP contribution >= 0.6 is 0 Å². The number of pyridine rings is 1. The Hall–Kier alpha value is -2.35. The summed E-state index contributed by atoms with van der Waals surface area (Å²) in [5.74, 6) is -0.584. The first-order valence-electron chi connectivity index (χ1n) is 5.25. The van der Waals surface area contributed by atoms with E-state index in [2.05, 4.69) is 20.6 Å². The summed E-state index contributed by atoms with van der Waals surface area (Å²) >= 11 is 0. The van der Waals surface area contributed by atoms with Gasteiger partial charge in [0, 0.05) is 12.6 Å². The highest BCUT2D eigenvalue weighted by Crippen LogP contribution is 2.04. The van der Waals surface area contributed by atoms with E-state index in [1.807, 2.05) is 0 Å². The molecule has 2 rings (SSSR count). The molecule has 0 bridgehead atoms. The smallest absolute Gasteiger partial charge is 0.336 e. The lowest BCUT2D eigenvalue weighted by Crippen LogP contribution is -2.42. The van der Waals surface area contributed by atoms with Crippen LogP contribution in [0, 0.1) is 0 Å². The Bertz CT molecular complexity index is 551. The summed E-state index contributed by atoms with van der Waals surface area (Å²) in [4.78, 5) is 28.5. The molecule has 1 atom stereocenters. The minimum atomic E-state index is -1.18. The van der Waals surface area contributed by atoms with Gasteiger partial charge in [0.1, 0.15) is 5.82 Å². The molecule has 96 valence electrons. The van der Waals surface area contributed by atoms with Gasteiger partial charge in [-0.2, -0.15) is 0 Å². The number of aromatic amines is 1. The normalized spacial score (nSPS) is 18.7. The molecule has 1 aromatic heterocycles. The van der Waals surface area contributed by atoms with Crippen molar-refractivity contribution < 1.29 is 15.0 Å². The summed E-state index contributed by atoms with van der Waals surface area (Å²) in [7, 11) is 0. The number of aliphatic imine (C=N–C) groups is 1. The highest BCUT2D eigenvalue weighted by molar-refractivity contribution is 5.95. The topological polar surface area (TPSA) is 127 Å². The molecule has 0 fully saturated rings. The van der Waals surface area contributed by atoms with Crippen LogP contribution in [0.1, 0.15) is 10.4 Å². The quantitative estimate of drug-likeness (QED) is 0.450. The van der Waals surface area contributed by atoms with E-state index in [4.69, 9.17) is 5.11 Å². The van der Waals surface area contributed by atoms with Gasteiger partial charge < -0.3 is 25.8 Å². The number of aliphatic hydroxyl groups excluding tert-OH is 1. The number of hydrogen-bond acceptors (Lipinski definition) is 6. The van der Waals surface area contributed by atoms with Crippen molar-refractivity contribution in [2.45, 2.75) is 6.10 Å². The van der Waals surface area contributed by atoms with E-state index < -0.39 is 17.6 Å². The molecular weight excluding hydrogens is 240 g/mol. The standard InChI is InChI=1S/C10H12N4O4/c15-6-3-11-10(12-4-6)14-7-1-5(9(17)18)2-8(16)13-7/h1-2,6,15H,3-4H2,(H,17,18)(H3,11,12,13,14,16). The number of nitrogens with zero attached hydrogens (tertiary/aromatic N) is 1. The van der Waals surface area contributed by atoms with Gasteiger partial charge in [0.25, 0.3) is 0 Å². The van der Waals surface area contributed by atoms with Crippen molar-refractivity contribution in [3.8, 4) is 0 Å². The third-order valence-corrected chi connectivity index (χ3v) is 2.31. The lowest BCUT2D eigenvalue weighted by atomic mass is 10.2. The van der Waals surface area contributed by atoms with Crippen molar-refractivity contribution in [3.05, 3.63) is 28.0 Å². The molecule has 0 aliphatic carbocycles. The summed E-state index contributed by atoms with van der Waals surface area (Å²) in [6.07, 6.45) is -0.542. The molecule has 1 unspecified atom stereocenters. The molecule has 5 N–H and O–H groups in total. The third-order valence-electron chi connectivity index (χ3n) is 2.31. The van der Waals surface area contributed by atoms with Crippen LogP contribution in [-0.4, -0.2) is 46.3 Å². The number of carbonyl (C=O) groups is 1. The molecule has 0 aromatic carbocycles. The molecule has 0 spiro atoms. The number of β-amino-alcohol motifs (C(OH)–C–C–N with tert-alkyl or cyclic N) is 1. The second-order valence-electron chi connectivity index (χ2n) is 3.80. The zero-order valence-corrected chi connectivity index (χ0v) is 9.30. The molecule has 18 heavy (non-hydrogen) atoms. The number of rotatable bonds is 2. The molecule has 1 aromatic rings. The SMILES string of the molecule is O=C(O)c1cc(NC2=NCC(O)CN2)[nH]c(=O)c1. The van der Waals surface area contributed by atoms with Gasteiger partial charge in [-0.05, 0) is 6.07 Å². The Labute approximate surface area is 101 Å². The number of anilines is 1. The largest absolute Gasteiger partial charge is 0.478 e. The molecule has 8 heteroatoms. The summed E-state index contributed by atoms with van der Waals surface area (Å²) < 4.78 is 0. The Morgan fingerprint density at radius 1 is 1.50 bits per heavy atom. The van der Waals surface area contributed by atoms with Crippen molar-refractivity contribution in [1.82, 2.24) is 10.3 Å². The molecule has 0 amide bonds. The van der Waals surface area contributed by atoms with Crippen LogP contribution in [0.5, 0.6) is 0 Å². The number of aliphatic hydroxyl groups is 1. The van der Waals surface area contributed by atoms with Crippen LogP contribution in [0.3, 0.4) is 0 Å². The number of carboxylic acids is 1. The van der Waals surface area contributed by atoms with E-state index in [1.54, 1.807) is 0 Å². The lowest BCUT2D eigenvalue weighted by molar-refractivity contribution is 0.0696. The summed E-state index contributed by atoms with van der Waals surface area (Å²) in [6.45, 7) is 0.590. The zero-order valence-electron chi connectivity index (χ0n) is 9.30. The fourth-order valence-electron chi connectivity index (χ4n) is 1.48. The maximum Gasteiger partial charge on any atom is 0.336 e. The van der Waals surface area contributed by atoms with Crippen molar-refractivity contribution in [2.24, 2.45) is 4.99 Å². The third kappa shape index (κ3) is 2.86. The molecule has 1 aliphatic heterocycles. The molecule has 2 heterocycles. The predicted molar refractivity (Wildman–Crippen MR) is 64.0 cm³/mol. The van der Waals surface area contributed by atoms with Crippen LogP contribution < -0.4 is 16.2 Å². The van der Waals surface area contributed by atoms with Gasteiger partial charge in [-0.3, -0.25) is 9.79 Å². The fraction of sp³-hybridized carbons (Fsp3) is 0.300. The first kappa shape index (κ1) is 12.1. The van der Waals surface area contributed by atoms with Crippen LogP contribution in [0.2, 0.25) is 0 Å². The van der Waals surface area contributed by atoms with Crippen molar-refractivity contribution in [2.75, 3.05) is 18.4 Å². The summed E-state index contributed by atoms with van der Waals surface area (Å²) in [6, 6.07) is 2.28. The van der Waals surface area contributed by atoms with E-state index in [0.29, 0.717) is 12.5 Å². The Morgan fingerprint density at radius 3 is 2.89 bits per heavy atom. The van der Waals surface area contributed by atoms with Gasteiger partial charge in [-0.15, -0.1) is 0 Å². The first-order valence-corrected chi connectivity index (χ1v) is 5.25. The number of aromatic carboxylic acids is 1. The average molecular weight is 252 g/mol. The van der Waals surface area contributed by atoms with Crippen LogP contribution in [-0.2, 0) is 0 Å². The molecule has 0 saturated heterocycles. The minimum absolute atomic E-state index is 0.113. The average Bonchev–Trinajstić information content (AvgIpc) is 2.31. The summed E-state index contributed by atoms with van der Waals surface area (Å²) in [5, 5.41) is 23.6. The van der Waals surface area contributed by atoms with Gasteiger partial charge in [-0.1, -0.05) is 0 Å².